The third kappa shape index (κ3) is 2.15. The second kappa shape index (κ2) is 4.08. The van der Waals surface area contributed by atoms with Crippen LogP contribution in [0.15, 0.2) is 18.2 Å². The van der Waals surface area contributed by atoms with Gasteiger partial charge < -0.3 is 14.6 Å². The van der Waals surface area contributed by atoms with Crippen molar-refractivity contribution in [3.8, 4) is 11.5 Å². The molecule has 0 aliphatic carbocycles. The quantitative estimate of drug-likeness (QED) is 0.855. The van der Waals surface area contributed by atoms with E-state index < -0.39 is 6.10 Å². The number of aliphatic hydroxyl groups is 1. The Morgan fingerprint density at radius 2 is 2.06 bits per heavy atom. The van der Waals surface area contributed by atoms with E-state index in [0.29, 0.717) is 5.75 Å². The van der Waals surface area contributed by atoms with Crippen molar-refractivity contribution in [1.29, 1.82) is 0 Å². The first-order valence-electron chi connectivity index (χ1n) is 5.72. The molecule has 92 valence electrons. The van der Waals surface area contributed by atoms with Gasteiger partial charge in [-0.15, -0.1) is 0 Å². The SMILES string of the molecule is COc1ccc2c(c1[C@@H](C)O)C=CC(C)(C)O2. The summed E-state index contributed by atoms with van der Waals surface area (Å²) < 4.78 is 11.1. The first kappa shape index (κ1) is 12.0. The molecule has 1 aromatic carbocycles. The highest BCUT2D eigenvalue weighted by Crippen LogP contribution is 2.40. The van der Waals surface area contributed by atoms with Gasteiger partial charge in [-0.2, -0.15) is 0 Å². The van der Waals surface area contributed by atoms with Crippen molar-refractivity contribution in [2.24, 2.45) is 0 Å². The van der Waals surface area contributed by atoms with Crippen molar-refractivity contribution in [3.05, 3.63) is 29.3 Å². The van der Waals surface area contributed by atoms with Crippen LogP contribution in [0, 0.1) is 0 Å². The number of aliphatic hydroxyl groups excluding tert-OH is 1. The molecule has 1 atom stereocenters. The largest absolute Gasteiger partial charge is 0.496 e. The highest BCUT2D eigenvalue weighted by atomic mass is 16.5. The van der Waals surface area contributed by atoms with Gasteiger partial charge in [0.25, 0.3) is 0 Å². The Balaban J connectivity index is 2.59. The standard InChI is InChI=1S/C14H18O3/c1-9(15)13-10-7-8-14(2,3)17-11(10)5-6-12(13)16-4/h5-9,15H,1-4H3/t9-/m1/s1. The Labute approximate surface area is 102 Å². The third-order valence-corrected chi connectivity index (χ3v) is 2.87. The van der Waals surface area contributed by atoms with Crippen molar-refractivity contribution >= 4 is 6.08 Å². The van der Waals surface area contributed by atoms with E-state index in [0.717, 1.165) is 16.9 Å². The van der Waals surface area contributed by atoms with Crippen molar-refractivity contribution in [2.45, 2.75) is 32.5 Å². The summed E-state index contributed by atoms with van der Waals surface area (Å²) in [6.45, 7) is 5.73. The zero-order valence-electron chi connectivity index (χ0n) is 10.7. The van der Waals surface area contributed by atoms with E-state index in [1.807, 2.05) is 38.1 Å². The van der Waals surface area contributed by atoms with Crippen LogP contribution in [-0.2, 0) is 0 Å². The van der Waals surface area contributed by atoms with Crippen LogP contribution in [0.25, 0.3) is 6.08 Å². The van der Waals surface area contributed by atoms with Gasteiger partial charge in [0.2, 0.25) is 0 Å². The molecular formula is C14H18O3. The van der Waals surface area contributed by atoms with Crippen LogP contribution >= 0.6 is 0 Å². The van der Waals surface area contributed by atoms with Crippen molar-refractivity contribution in [2.75, 3.05) is 7.11 Å². The van der Waals surface area contributed by atoms with E-state index in [2.05, 4.69) is 0 Å². The Hall–Kier alpha value is -1.48. The Morgan fingerprint density at radius 3 is 2.65 bits per heavy atom. The molecule has 3 heteroatoms. The second-order valence-electron chi connectivity index (χ2n) is 4.81. The molecule has 0 aromatic heterocycles. The van der Waals surface area contributed by atoms with E-state index in [1.165, 1.54) is 0 Å². The van der Waals surface area contributed by atoms with Gasteiger partial charge >= 0.3 is 0 Å². The number of hydrogen-bond donors (Lipinski definition) is 1. The summed E-state index contributed by atoms with van der Waals surface area (Å²) in [6.07, 6.45) is 3.39. The fraction of sp³-hybridized carbons (Fsp3) is 0.429. The average Bonchev–Trinajstić information content (AvgIpc) is 2.25. The van der Waals surface area contributed by atoms with Crippen LogP contribution in [0.4, 0.5) is 0 Å². The van der Waals surface area contributed by atoms with Gasteiger partial charge in [0.15, 0.2) is 0 Å². The monoisotopic (exact) mass is 234 g/mol. The molecule has 0 saturated heterocycles. The van der Waals surface area contributed by atoms with E-state index in [-0.39, 0.29) is 5.60 Å². The molecule has 0 spiro atoms. The highest BCUT2D eigenvalue weighted by molar-refractivity contribution is 5.68. The van der Waals surface area contributed by atoms with Crippen molar-refractivity contribution in [1.82, 2.24) is 0 Å². The zero-order chi connectivity index (χ0) is 12.6. The molecular weight excluding hydrogens is 216 g/mol. The number of methoxy groups -OCH3 is 1. The van der Waals surface area contributed by atoms with Crippen LogP contribution in [0.5, 0.6) is 11.5 Å². The minimum absolute atomic E-state index is 0.308. The Bertz CT molecular complexity index is 459. The molecule has 1 heterocycles. The summed E-state index contributed by atoms with van der Waals surface area (Å²) in [5, 5.41) is 9.85. The lowest BCUT2D eigenvalue weighted by molar-refractivity contribution is 0.155. The van der Waals surface area contributed by atoms with E-state index in [9.17, 15) is 5.11 Å². The van der Waals surface area contributed by atoms with Gasteiger partial charge in [-0.3, -0.25) is 0 Å². The second-order valence-corrected chi connectivity index (χ2v) is 4.81. The maximum absolute atomic E-state index is 9.85. The summed E-state index contributed by atoms with van der Waals surface area (Å²) >= 11 is 0. The number of ether oxygens (including phenoxy) is 2. The van der Waals surface area contributed by atoms with Gasteiger partial charge in [0, 0.05) is 11.1 Å². The first-order valence-corrected chi connectivity index (χ1v) is 5.72. The molecule has 17 heavy (non-hydrogen) atoms. The predicted octanol–water partition coefficient (Wildman–Crippen LogP) is 2.93. The lowest BCUT2D eigenvalue weighted by Gasteiger charge is -2.30. The molecule has 0 amide bonds. The fourth-order valence-corrected chi connectivity index (χ4v) is 2.07. The Kier molecular flexibility index (Phi) is 2.87. The van der Waals surface area contributed by atoms with E-state index in [4.69, 9.17) is 9.47 Å². The maximum Gasteiger partial charge on any atom is 0.128 e. The number of rotatable bonds is 2. The summed E-state index contributed by atoms with van der Waals surface area (Å²) in [5.74, 6) is 1.47. The topological polar surface area (TPSA) is 38.7 Å². The summed E-state index contributed by atoms with van der Waals surface area (Å²) in [4.78, 5) is 0. The summed E-state index contributed by atoms with van der Waals surface area (Å²) in [6, 6.07) is 3.71. The van der Waals surface area contributed by atoms with E-state index >= 15 is 0 Å². The molecule has 1 N–H and O–H groups in total. The normalized spacial score (nSPS) is 18.2. The first-order chi connectivity index (χ1) is 7.94. The lowest BCUT2D eigenvalue weighted by Crippen LogP contribution is -2.28. The highest BCUT2D eigenvalue weighted by Gasteiger charge is 2.25. The van der Waals surface area contributed by atoms with Gasteiger partial charge in [-0.1, -0.05) is 6.08 Å². The minimum atomic E-state index is -0.589. The molecule has 3 nitrogen and oxygen atoms in total. The number of hydrogen-bond acceptors (Lipinski definition) is 3. The third-order valence-electron chi connectivity index (χ3n) is 2.87. The molecule has 0 fully saturated rings. The van der Waals surface area contributed by atoms with Gasteiger partial charge in [-0.25, -0.2) is 0 Å². The van der Waals surface area contributed by atoms with Gasteiger partial charge in [-0.05, 0) is 39.0 Å². The van der Waals surface area contributed by atoms with Crippen LogP contribution in [0.1, 0.15) is 38.0 Å². The van der Waals surface area contributed by atoms with Crippen LogP contribution in [0.2, 0.25) is 0 Å². The van der Waals surface area contributed by atoms with Crippen LogP contribution in [-0.4, -0.2) is 17.8 Å². The fourth-order valence-electron chi connectivity index (χ4n) is 2.07. The molecule has 1 aliphatic heterocycles. The lowest BCUT2D eigenvalue weighted by atomic mass is 9.95. The molecule has 0 unspecified atom stereocenters. The molecule has 2 rings (SSSR count). The Morgan fingerprint density at radius 1 is 1.35 bits per heavy atom. The average molecular weight is 234 g/mol. The number of benzene rings is 1. The minimum Gasteiger partial charge on any atom is -0.496 e. The smallest absolute Gasteiger partial charge is 0.128 e. The van der Waals surface area contributed by atoms with Crippen molar-refractivity contribution < 1.29 is 14.6 Å². The summed E-state index contributed by atoms with van der Waals surface area (Å²) in [7, 11) is 1.60. The molecule has 1 aromatic rings. The van der Waals surface area contributed by atoms with Gasteiger partial charge in [0.1, 0.15) is 17.1 Å². The zero-order valence-corrected chi connectivity index (χ0v) is 10.7. The maximum atomic E-state index is 9.85. The van der Waals surface area contributed by atoms with Gasteiger partial charge in [0.05, 0.1) is 13.2 Å². The summed E-state index contributed by atoms with van der Waals surface area (Å²) in [5.41, 5.74) is 1.37. The van der Waals surface area contributed by atoms with Crippen LogP contribution < -0.4 is 9.47 Å². The molecule has 0 radical (unpaired) electrons. The van der Waals surface area contributed by atoms with E-state index in [1.54, 1.807) is 14.0 Å². The van der Waals surface area contributed by atoms with Crippen LogP contribution in [0.3, 0.4) is 0 Å². The molecule has 0 bridgehead atoms. The van der Waals surface area contributed by atoms with Crippen molar-refractivity contribution in [3.63, 3.8) is 0 Å². The number of fused-ring (bicyclic) bond motifs is 1. The molecule has 1 aliphatic rings. The molecule has 0 saturated carbocycles. The predicted molar refractivity (Wildman–Crippen MR) is 67.4 cm³/mol.